The van der Waals surface area contributed by atoms with Crippen LogP contribution in [0.15, 0.2) is 36.4 Å². The number of carbonyl (C=O) groups is 2. The van der Waals surface area contributed by atoms with E-state index in [4.69, 9.17) is 9.47 Å². The SMILES string of the molecule is CCC1CCCCN1C(=O)C1c2ccccc2C(=O)N2CCc3cc(OC)c(OC)cc3C12. The summed E-state index contributed by atoms with van der Waals surface area (Å²) in [5.74, 6) is 1.02. The van der Waals surface area contributed by atoms with Crippen molar-refractivity contribution in [3.8, 4) is 11.5 Å². The van der Waals surface area contributed by atoms with Crippen molar-refractivity contribution in [2.75, 3.05) is 27.3 Å². The van der Waals surface area contributed by atoms with E-state index >= 15 is 0 Å². The zero-order valence-electron chi connectivity index (χ0n) is 19.7. The lowest BCUT2D eigenvalue weighted by atomic mass is 9.75. The summed E-state index contributed by atoms with van der Waals surface area (Å²) in [5.41, 5.74) is 3.60. The number of rotatable bonds is 4. The summed E-state index contributed by atoms with van der Waals surface area (Å²) in [6.45, 7) is 3.53. The molecule has 3 aliphatic heterocycles. The van der Waals surface area contributed by atoms with Gasteiger partial charge >= 0.3 is 0 Å². The van der Waals surface area contributed by atoms with Gasteiger partial charge in [0.1, 0.15) is 0 Å². The maximum atomic E-state index is 14.3. The van der Waals surface area contributed by atoms with Gasteiger partial charge in [0.25, 0.3) is 5.91 Å². The minimum absolute atomic E-state index is 0.00534. The zero-order chi connectivity index (χ0) is 23.1. The lowest BCUT2D eigenvalue weighted by Gasteiger charge is -2.47. The lowest BCUT2D eigenvalue weighted by Crippen LogP contribution is -2.53. The van der Waals surface area contributed by atoms with Gasteiger partial charge < -0.3 is 19.3 Å². The molecule has 6 nitrogen and oxygen atoms in total. The molecule has 5 rings (SSSR count). The van der Waals surface area contributed by atoms with E-state index in [2.05, 4.69) is 11.8 Å². The molecule has 2 aromatic carbocycles. The number of benzene rings is 2. The Hall–Kier alpha value is -3.02. The fourth-order valence-corrected chi connectivity index (χ4v) is 6.01. The Morgan fingerprint density at radius 3 is 2.55 bits per heavy atom. The predicted octanol–water partition coefficient (Wildman–Crippen LogP) is 4.33. The van der Waals surface area contributed by atoms with E-state index in [0.717, 1.165) is 55.3 Å². The standard InChI is InChI=1S/C27H32N2O4/c1-4-18-9-7-8-13-28(18)27(31)24-19-10-5-6-11-20(19)26(30)29-14-12-17-15-22(32-2)23(33-3)16-21(17)25(24)29/h5-6,10-11,15-16,18,24-25H,4,7-9,12-14H2,1-3H3. The van der Waals surface area contributed by atoms with Crippen molar-refractivity contribution >= 4 is 11.8 Å². The van der Waals surface area contributed by atoms with Gasteiger partial charge in [-0.3, -0.25) is 9.59 Å². The lowest BCUT2D eigenvalue weighted by molar-refractivity contribution is -0.138. The number of ether oxygens (including phenoxy) is 2. The number of hydrogen-bond acceptors (Lipinski definition) is 4. The van der Waals surface area contributed by atoms with Gasteiger partial charge in [0, 0.05) is 24.7 Å². The molecule has 3 aliphatic rings. The van der Waals surface area contributed by atoms with E-state index in [1.54, 1.807) is 14.2 Å². The second-order valence-electron chi connectivity index (χ2n) is 9.25. The maximum absolute atomic E-state index is 14.3. The third kappa shape index (κ3) is 3.47. The van der Waals surface area contributed by atoms with E-state index < -0.39 is 5.92 Å². The van der Waals surface area contributed by atoms with Crippen molar-refractivity contribution in [3.63, 3.8) is 0 Å². The van der Waals surface area contributed by atoms with Crippen LogP contribution in [0, 0.1) is 0 Å². The first-order chi connectivity index (χ1) is 16.1. The number of likely N-dealkylation sites (tertiary alicyclic amines) is 1. The summed E-state index contributed by atoms with van der Waals surface area (Å²) in [7, 11) is 3.25. The molecule has 0 spiro atoms. The summed E-state index contributed by atoms with van der Waals surface area (Å²) < 4.78 is 11.1. The first-order valence-corrected chi connectivity index (χ1v) is 12.0. The maximum Gasteiger partial charge on any atom is 0.254 e. The van der Waals surface area contributed by atoms with Gasteiger partial charge in [-0.05, 0) is 67.0 Å². The van der Waals surface area contributed by atoms with Crippen molar-refractivity contribution in [3.05, 3.63) is 58.7 Å². The molecule has 6 heteroatoms. The van der Waals surface area contributed by atoms with E-state index in [0.29, 0.717) is 23.6 Å². The summed E-state index contributed by atoms with van der Waals surface area (Å²) >= 11 is 0. The molecule has 1 fully saturated rings. The average molecular weight is 449 g/mol. The molecule has 0 N–H and O–H groups in total. The Bertz CT molecular complexity index is 1080. The van der Waals surface area contributed by atoms with Gasteiger partial charge in [0.15, 0.2) is 11.5 Å². The van der Waals surface area contributed by atoms with Gasteiger partial charge in [0.05, 0.1) is 26.2 Å². The van der Waals surface area contributed by atoms with Crippen LogP contribution >= 0.6 is 0 Å². The quantitative estimate of drug-likeness (QED) is 0.699. The minimum atomic E-state index is -0.428. The van der Waals surface area contributed by atoms with Crippen LogP contribution in [-0.2, 0) is 11.2 Å². The molecular weight excluding hydrogens is 416 g/mol. The van der Waals surface area contributed by atoms with E-state index in [1.807, 2.05) is 41.3 Å². The molecule has 0 bridgehead atoms. The molecule has 0 aromatic heterocycles. The largest absolute Gasteiger partial charge is 0.493 e. The molecule has 3 unspecified atom stereocenters. The average Bonchev–Trinajstić information content (AvgIpc) is 2.87. The van der Waals surface area contributed by atoms with Crippen LogP contribution in [0.5, 0.6) is 11.5 Å². The Balaban J connectivity index is 1.67. The van der Waals surface area contributed by atoms with Crippen LogP contribution < -0.4 is 9.47 Å². The van der Waals surface area contributed by atoms with Crippen LogP contribution in [0.4, 0.5) is 0 Å². The summed E-state index contributed by atoms with van der Waals surface area (Å²) in [6.07, 6.45) is 4.92. The normalized spacial score (nSPS) is 24.0. The molecule has 2 aromatic rings. The van der Waals surface area contributed by atoms with Crippen molar-refractivity contribution in [1.82, 2.24) is 9.80 Å². The molecule has 1 saturated heterocycles. The van der Waals surface area contributed by atoms with Crippen LogP contribution in [0.25, 0.3) is 0 Å². The fraction of sp³-hybridized carbons (Fsp3) is 0.481. The summed E-state index contributed by atoms with van der Waals surface area (Å²) in [5, 5.41) is 0. The van der Waals surface area contributed by atoms with E-state index in [9.17, 15) is 9.59 Å². The summed E-state index contributed by atoms with van der Waals surface area (Å²) in [6, 6.07) is 11.6. The second kappa shape index (κ2) is 8.73. The number of amides is 2. The number of methoxy groups -OCH3 is 2. The highest BCUT2D eigenvalue weighted by atomic mass is 16.5. The molecule has 174 valence electrons. The number of piperidine rings is 1. The highest BCUT2D eigenvalue weighted by Gasteiger charge is 2.48. The van der Waals surface area contributed by atoms with Crippen LogP contribution in [-0.4, -0.2) is 55.0 Å². The minimum Gasteiger partial charge on any atom is -0.493 e. The van der Waals surface area contributed by atoms with Crippen molar-refractivity contribution < 1.29 is 19.1 Å². The van der Waals surface area contributed by atoms with Gasteiger partial charge in [-0.15, -0.1) is 0 Å². The van der Waals surface area contributed by atoms with Gasteiger partial charge in [0.2, 0.25) is 5.91 Å². The van der Waals surface area contributed by atoms with E-state index in [1.165, 1.54) is 0 Å². The number of carbonyl (C=O) groups excluding carboxylic acids is 2. The van der Waals surface area contributed by atoms with Crippen molar-refractivity contribution in [1.29, 1.82) is 0 Å². The molecule has 2 amide bonds. The van der Waals surface area contributed by atoms with Crippen LogP contribution in [0.2, 0.25) is 0 Å². The fourth-order valence-electron chi connectivity index (χ4n) is 6.01. The van der Waals surface area contributed by atoms with Crippen LogP contribution in [0.3, 0.4) is 0 Å². The monoisotopic (exact) mass is 448 g/mol. The molecule has 0 saturated carbocycles. The Morgan fingerprint density at radius 1 is 1.03 bits per heavy atom. The zero-order valence-corrected chi connectivity index (χ0v) is 19.7. The van der Waals surface area contributed by atoms with Gasteiger partial charge in [-0.1, -0.05) is 25.1 Å². The summed E-state index contributed by atoms with van der Waals surface area (Å²) in [4.78, 5) is 31.8. The molecule has 3 atom stereocenters. The Labute approximate surface area is 195 Å². The molecule has 0 aliphatic carbocycles. The highest BCUT2D eigenvalue weighted by molar-refractivity contribution is 6.01. The first kappa shape index (κ1) is 21.8. The number of hydrogen-bond donors (Lipinski definition) is 0. The molecule has 0 radical (unpaired) electrons. The van der Waals surface area contributed by atoms with Gasteiger partial charge in [-0.25, -0.2) is 0 Å². The predicted molar refractivity (Wildman–Crippen MR) is 126 cm³/mol. The van der Waals surface area contributed by atoms with Crippen molar-refractivity contribution in [2.45, 2.75) is 57.0 Å². The van der Waals surface area contributed by atoms with Crippen LogP contribution in [0.1, 0.15) is 71.6 Å². The first-order valence-electron chi connectivity index (χ1n) is 12.0. The molecule has 33 heavy (non-hydrogen) atoms. The third-order valence-corrected chi connectivity index (χ3v) is 7.67. The van der Waals surface area contributed by atoms with E-state index in [-0.39, 0.29) is 23.9 Å². The van der Waals surface area contributed by atoms with Gasteiger partial charge in [-0.2, -0.15) is 0 Å². The number of fused-ring (bicyclic) bond motifs is 4. The molecule has 3 heterocycles. The Morgan fingerprint density at radius 2 is 1.79 bits per heavy atom. The molecular formula is C27H32N2O4. The Kier molecular flexibility index (Phi) is 5.77. The third-order valence-electron chi connectivity index (χ3n) is 7.67. The topological polar surface area (TPSA) is 59.1 Å². The van der Waals surface area contributed by atoms with Crippen molar-refractivity contribution in [2.24, 2.45) is 0 Å². The second-order valence-corrected chi connectivity index (χ2v) is 9.25. The number of nitrogens with zero attached hydrogens (tertiary/aromatic N) is 2. The smallest absolute Gasteiger partial charge is 0.254 e. The highest BCUT2D eigenvalue weighted by Crippen LogP contribution is 2.49.